The van der Waals surface area contributed by atoms with Gasteiger partial charge in [-0.1, -0.05) is 18.2 Å². The Hall–Kier alpha value is -1.46. The van der Waals surface area contributed by atoms with Crippen molar-refractivity contribution in [1.82, 2.24) is 20.4 Å². The number of nitrogens with zero attached hydrogens (tertiary/aromatic N) is 3. The minimum Gasteiger partial charge on any atom is -0.357 e. The van der Waals surface area contributed by atoms with Gasteiger partial charge in [-0.3, -0.25) is 19.5 Å². The topological polar surface area (TPSA) is 77.0 Å². The summed E-state index contributed by atoms with van der Waals surface area (Å²) in [5.41, 5.74) is 0. The molecule has 1 aromatic heterocycles. The number of halogens is 1. The van der Waals surface area contributed by atoms with Crippen molar-refractivity contribution in [3.63, 3.8) is 0 Å². The second-order valence-electron chi connectivity index (χ2n) is 8.82. The van der Waals surface area contributed by atoms with Crippen LogP contribution in [0, 0.1) is 23.7 Å². The molecule has 176 valence electrons. The highest BCUT2D eigenvalue weighted by Crippen LogP contribution is 2.52. The van der Waals surface area contributed by atoms with Crippen molar-refractivity contribution < 1.29 is 9.59 Å². The molecule has 3 aliphatic rings. The number of carbonyl (C=O) groups excluding carboxylic acids is 2. The van der Waals surface area contributed by atoms with Gasteiger partial charge in [0.15, 0.2) is 5.96 Å². The Balaban J connectivity index is 0.00000289. The minimum absolute atomic E-state index is 0. The molecule has 0 spiro atoms. The molecule has 1 aromatic rings. The number of nitrogens with one attached hydrogen (secondary N) is 2. The summed E-state index contributed by atoms with van der Waals surface area (Å²) in [6, 6.07) is 4.45. The molecule has 2 amide bonds. The normalized spacial score (nSPS) is 27.1. The number of hydrogen-bond acceptors (Lipinski definition) is 5. The van der Waals surface area contributed by atoms with Gasteiger partial charge in [-0.25, -0.2) is 0 Å². The number of carbonyl (C=O) groups is 2. The molecule has 5 atom stereocenters. The molecule has 2 bridgehead atoms. The molecule has 7 nitrogen and oxygen atoms in total. The van der Waals surface area contributed by atoms with Gasteiger partial charge in [0.1, 0.15) is 0 Å². The van der Waals surface area contributed by atoms with Crippen molar-refractivity contribution in [3.8, 4) is 0 Å². The summed E-state index contributed by atoms with van der Waals surface area (Å²) < 4.78 is 0. The maximum absolute atomic E-state index is 12.8. The van der Waals surface area contributed by atoms with Crippen molar-refractivity contribution in [2.24, 2.45) is 28.7 Å². The van der Waals surface area contributed by atoms with E-state index in [-0.39, 0.29) is 65.5 Å². The van der Waals surface area contributed by atoms with Crippen LogP contribution in [0.15, 0.2) is 34.7 Å². The molecule has 0 aromatic carbocycles. The van der Waals surface area contributed by atoms with Crippen molar-refractivity contribution in [2.45, 2.75) is 25.8 Å². The van der Waals surface area contributed by atoms with E-state index in [9.17, 15) is 9.59 Å². The molecule has 1 saturated heterocycles. The first kappa shape index (κ1) is 25.2. The molecule has 4 rings (SSSR count). The van der Waals surface area contributed by atoms with Crippen LogP contribution in [0.2, 0.25) is 0 Å². The highest BCUT2D eigenvalue weighted by Gasteiger charge is 2.58. The van der Waals surface area contributed by atoms with Gasteiger partial charge in [0.25, 0.3) is 0 Å². The Morgan fingerprint density at radius 2 is 1.91 bits per heavy atom. The monoisotopic (exact) mass is 571 g/mol. The number of hydrogen-bond donors (Lipinski definition) is 2. The van der Waals surface area contributed by atoms with Gasteiger partial charge >= 0.3 is 0 Å². The minimum atomic E-state index is -0.102. The molecule has 0 radical (unpaired) electrons. The van der Waals surface area contributed by atoms with Gasteiger partial charge in [0.05, 0.1) is 24.4 Å². The van der Waals surface area contributed by atoms with Gasteiger partial charge in [-0.05, 0) is 57.1 Å². The van der Waals surface area contributed by atoms with E-state index in [2.05, 4.69) is 59.3 Å². The smallest absolute Gasteiger partial charge is 0.233 e. The van der Waals surface area contributed by atoms with Crippen molar-refractivity contribution in [2.75, 3.05) is 40.3 Å². The lowest BCUT2D eigenvalue weighted by Crippen LogP contribution is -2.40. The Kier molecular flexibility index (Phi) is 8.74. The summed E-state index contributed by atoms with van der Waals surface area (Å²) in [4.78, 5) is 35.3. The van der Waals surface area contributed by atoms with E-state index in [1.54, 1.807) is 11.3 Å². The zero-order chi connectivity index (χ0) is 22.0. The molecule has 9 heteroatoms. The first-order chi connectivity index (χ1) is 15.0. The van der Waals surface area contributed by atoms with Crippen LogP contribution in [-0.2, 0) is 9.59 Å². The van der Waals surface area contributed by atoms with Crippen molar-refractivity contribution >= 4 is 53.1 Å². The SMILES string of the molecule is CCNC(=NCC(c1cccs1)N(C)C)NCCCN1C(=O)C2C3C=CC(C3)C2C1=O.I. The number of fused-ring (bicyclic) bond motifs is 5. The maximum atomic E-state index is 12.8. The summed E-state index contributed by atoms with van der Waals surface area (Å²) in [6.45, 7) is 4.62. The van der Waals surface area contributed by atoms with Crippen LogP contribution in [0.4, 0.5) is 0 Å². The fourth-order valence-corrected chi connectivity index (χ4v) is 6.05. The number of guanidine groups is 1. The van der Waals surface area contributed by atoms with E-state index in [4.69, 9.17) is 4.99 Å². The Morgan fingerprint density at radius 1 is 1.22 bits per heavy atom. The quantitative estimate of drug-likeness (QED) is 0.119. The van der Waals surface area contributed by atoms with E-state index in [1.165, 1.54) is 9.78 Å². The number of thiophene rings is 1. The predicted molar refractivity (Wildman–Crippen MR) is 139 cm³/mol. The summed E-state index contributed by atoms with van der Waals surface area (Å²) in [7, 11) is 4.14. The second kappa shape index (κ2) is 11.1. The largest absolute Gasteiger partial charge is 0.357 e. The molecule has 2 fully saturated rings. The van der Waals surface area contributed by atoms with Crippen molar-refractivity contribution in [3.05, 3.63) is 34.5 Å². The first-order valence-corrected chi connectivity index (χ1v) is 12.1. The number of likely N-dealkylation sites (tertiary alicyclic amines) is 1. The van der Waals surface area contributed by atoms with E-state index >= 15 is 0 Å². The number of allylic oxidation sites excluding steroid dienone is 2. The lowest BCUT2D eigenvalue weighted by Gasteiger charge is -2.22. The fraction of sp³-hybridized carbons (Fsp3) is 0.609. The van der Waals surface area contributed by atoms with Gasteiger partial charge < -0.3 is 15.5 Å². The molecule has 2 aliphatic carbocycles. The number of likely N-dealkylation sites (N-methyl/N-ethyl adjacent to an activating group) is 1. The van der Waals surface area contributed by atoms with Gasteiger partial charge in [-0.2, -0.15) is 0 Å². The third-order valence-corrected chi connectivity index (χ3v) is 7.65. The zero-order valence-electron chi connectivity index (χ0n) is 19.0. The molecule has 2 heterocycles. The summed E-state index contributed by atoms with van der Waals surface area (Å²) in [6.07, 6.45) is 5.97. The Bertz CT molecular complexity index is 827. The van der Waals surface area contributed by atoms with Crippen LogP contribution >= 0.6 is 35.3 Å². The number of rotatable bonds is 9. The third kappa shape index (κ3) is 5.04. The zero-order valence-corrected chi connectivity index (χ0v) is 22.1. The first-order valence-electron chi connectivity index (χ1n) is 11.3. The van der Waals surface area contributed by atoms with Crippen LogP contribution < -0.4 is 10.6 Å². The highest BCUT2D eigenvalue weighted by atomic mass is 127. The van der Waals surface area contributed by atoms with Crippen LogP contribution in [0.1, 0.15) is 30.7 Å². The van der Waals surface area contributed by atoms with E-state index in [0.717, 1.165) is 18.9 Å². The summed E-state index contributed by atoms with van der Waals surface area (Å²) in [5.74, 6) is 1.19. The molecule has 5 unspecified atom stereocenters. The standard InChI is InChI=1S/C23H33N5O2S.HI/c1-4-24-23(26-14-17(27(2)3)18-7-5-12-31-18)25-10-6-11-28-21(29)19-15-8-9-16(13-15)20(19)22(28)30;/h5,7-9,12,15-17,19-20H,4,6,10-11,13-14H2,1-3H3,(H2,24,25,26);1H. The van der Waals surface area contributed by atoms with E-state index in [0.29, 0.717) is 26.1 Å². The molecule has 1 saturated carbocycles. The average Bonchev–Trinajstić information content (AvgIpc) is 3.52. The van der Waals surface area contributed by atoms with Crippen LogP contribution in [0.25, 0.3) is 0 Å². The molecular weight excluding hydrogens is 537 g/mol. The predicted octanol–water partition coefficient (Wildman–Crippen LogP) is 2.72. The number of aliphatic imine (C=N–C) groups is 1. The number of imide groups is 1. The van der Waals surface area contributed by atoms with Gasteiger partial charge in [0.2, 0.25) is 11.8 Å². The maximum Gasteiger partial charge on any atom is 0.233 e. The second-order valence-corrected chi connectivity index (χ2v) is 9.80. The molecule has 2 N–H and O–H groups in total. The average molecular weight is 572 g/mol. The lowest BCUT2D eigenvalue weighted by molar-refractivity contribution is -0.140. The van der Waals surface area contributed by atoms with Crippen LogP contribution in [0.3, 0.4) is 0 Å². The van der Waals surface area contributed by atoms with Crippen molar-refractivity contribution in [1.29, 1.82) is 0 Å². The summed E-state index contributed by atoms with van der Waals surface area (Å²) >= 11 is 1.75. The molecule has 32 heavy (non-hydrogen) atoms. The van der Waals surface area contributed by atoms with Gasteiger partial charge in [0, 0.05) is 24.5 Å². The van der Waals surface area contributed by atoms with Gasteiger partial charge in [-0.15, -0.1) is 35.3 Å². The third-order valence-electron chi connectivity index (χ3n) is 6.67. The van der Waals surface area contributed by atoms with Crippen LogP contribution in [0.5, 0.6) is 0 Å². The molecular formula is C23H34IN5O2S. The Labute approximate surface area is 211 Å². The molecule has 1 aliphatic heterocycles. The lowest BCUT2D eigenvalue weighted by atomic mass is 9.85. The number of amides is 2. The van der Waals surface area contributed by atoms with E-state index < -0.39 is 0 Å². The summed E-state index contributed by atoms with van der Waals surface area (Å²) in [5, 5.41) is 8.74. The Morgan fingerprint density at radius 3 is 2.47 bits per heavy atom. The highest BCUT2D eigenvalue weighted by molar-refractivity contribution is 14.0. The van der Waals surface area contributed by atoms with Crippen LogP contribution in [-0.4, -0.2) is 67.8 Å². The van der Waals surface area contributed by atoms with E-state index in [1.807, 2.05) is 6.92 Å². The fourth-order valence-electron chi connectivity index (χ4n) is 5.14.